The van der Waals surface area contributed by atoms with Crippen LogP contribution in [-0.2, 0) is 4.79 Å². The van der Waals surface area contributed by atoms with Crippen LogP contribution in [0.4, 0.5) is 5.69 Å². The molecule has 0 saturated carbocycles. The Bertz CT molecular complexity index is 1320. The average molecular weight is 468 g/mol. The highest BCUT2D eigenvalue weighted by Crippen LogP contribution is 2.20. The van der Waals surface area contributed by atoms with Gasteiger partial charge in [0.2, 0.25) is 0 Å². The lowest BCUT2D eigenvalue weighted by atomic mass is 10.1. The van der Waals surface area contributed by atoms with Crippen LogP contribution in [0.1, 0.15) is 20.7 Å². The smallest absolute Gasteiger partial charge is 0.262 e. The molecule has 35 heavy (non-hydrogen) atoms. The number of carbonyl (C=O) groups excluding carboxylic acids is 3. The van der Waals surface area contributed by atoms with Crippen molar-refractivity contribution in [3.8, 4) is 5.75 Å². The van der Waals surface area contributed by atoms with Gasteiger partial charge in [0.25, 0.3) is 17.7 Å². The van der Waals surface area contributed by atoms with Crippen LogP contribution in [0.3, 0.4) is 0 Å². The fourth-order valence-corrected chi connectivity index (χ4v) is 3.45. The molecule has 4 aromatic rings. The first-order valence-electron chi connectivity index (χ1n) is 11.2. The quantitative estimate of drug-likeness (QED) is 0.324. The van der Waals surface area contributed by atoms with Gasteiger partial charge in [-0.05, 0) is 59.3 Å². The predicted molar refractivity (Wildman–Crippen MR) is 136 cm³/mol. The summed E-state index contributed by atoms with van der Waals surface area (Å²) < 4.78 is 5.60. The monoisotopic (exact) mass is 467 g/mol. The average Bonchev–Trinajstić information content (AvgIpc) is 2.90. The van der Waals surface area contributed by atoms with Crippen LogP contribution in [0.15, 0.2) is 97.1 Å². The number of anilines is 1. The van der Waals surface area contributed by atoms with Gasteiger partial charge < -0.3 is 20.7 Å². The number of ether oxygens (including phenoxy) is 1. The van der Waals surface area contributed by atoms with Gasteiger partial charge in [-0.3, -0.25) is 14.4 Å². The first-order chi connectivity index (χ1) is 17.1. The molecule has 0 saturated heterocycles. The Labute approximate surface area is 203 Å². The number of hydrogen-bond donors (Lipinski definition) is 3. The lowest BCUT2D eigenvalue weighted by molar-refractivity contribution is -0.118. The van der Waals surface area contributed by atoms with Crippen molar-refractivity contribution in [3.63, 3.8) is 0 Å². The van der Waals surface area contributed by atoms with E-state index in [-0.39, 0.29) is 24.3 Å². The van der Waals surface area contributed by atoms with Gasteiger partial charge >= 0.3 is 0 Å². The zero-order valence-corrected chi connectivity index (χ0v) is 19.0. The minimum absolute atomic E-state index is 0.130. The van der Waals surface area contributed by atoms with Crippen molar-refractivity contribution in [1.29, 1.82) is 0 Å². The summed E-state index contributed by atoms with van der Waals surface area (Å²) in [5, 5.41) is 10.4. The second-order valence-electron chi connectivity index (χ2n) is 7.80. The SMILES string of the molecule is O=C(COc1ccc2ccccc2c1)Nc1ccc(C(=O)NCCNC(=O)c2ccccc2)cc1. The molecule has 3 amide bonds. The molecule has 7 heteroatoms. The molecule has 0 atom stereocenters. The third kappa shape index (κ3) is 6.68. The van der Waals surface area contributed by atoms with Gasteiger partial charge in [0, 0.05) is 29.9 Å². The molecule has 4 aromatic carbocycles. The molecule has 0 aliphatic rings. The summed E-state index contributed by atoms with van der Waals surface area (Å²) in [7, 11) is 0. The van der Waals surface area contributed by atoms with E-state index in [2.05, 4.69) is 16.0 Å². The van der Waals surface area contributed by atoms with Crippen LogP contribution in [0.25, 0.3) is 10.8 Å². The summed E-state index contributed by atoms with van der Waals surface area (Å²) >= 11 is 0. The lowest BCUT2D eigenvalue weighted by Gasteiger charge is -2.10. The van der Waals surface area contributed by atoms with Crippen molar-refractivity contribution in [2.75, 3.05) is 25.0 Å². The Balaban J connectivity index is 1.19. The second-order valence-corrected chi connectivity index (χ2v) is 7.80. The predicted octanol–water partition coefficient (Wildman–Crippen LogP) is 4.02. The van der Waals surface area contributed by atoms with Gasteiger partial charge in [-0.15, -0.1) is 0 Å². The molecule has 176 valence electrons. The fraction of sp³-hybridized carbons (Fsp3) is 0.107. The molecule has 0 heterocycles. The minimum atomic E-state index is -0.301. The molecule has 4 rings (SSSR count). The van der Waals surface area contributed by atoms with E-state index in [0.717, 1.165) is 10.8 Å². The molecule has 0 aliphatic heterocycles. The normalized spacial score (nSPS) is 10.4. The summed E-state index contributed by atoms with van der Waals surface area (Å²) in [5.74, 6) is -0.142. The summed E-state index contributed by atoms with van der Waals surface area (Å²) in [6, 6.07) is 29.0. The third-order valence-electron chi connectivity index (χ3n) is 5.25. The summed E-state index contributed by atoms with van der Waals surface area (Å²) in [6.07, 6.45) is 0. The van der Waals surface area contributed by atoms with Gasteiger partial charge in [-0.2, -0.15) is 0 Å². The van der Waals surface area contributed by atoms with Crippen LogP contribution >= 0.6 is 0 Å². The van der Waals surface area contributed by atoms with Crippen molar-refractivity contribution < 1.29 is 19.1 Å². The van der Waals surface area contributed by atoms with Crippen molar-refractivity contribution in [3.05, 3.63) is 108 Å². The van der Waals surface area contributed by atoms with Crippen LogP contribution in [0, 0.1) is 0 Å². The van der Waals surface area contributed by atoms with Crippen molar-refractivity contribution in [1.82, 2.24) is 10.6 Å². The topological polar surface area (TPSA) is 96.5 Å². The summed E-state index contributed by atoms with van der Waals surface area (Å²) in [4.78, 5) is 36.6. The Morgan fingerprint density at radius 2 is 1.23 bits per heavy atom. The Morgan fingerprint density at radius 1 is 0.629 bits per heavy atom. The van der Waals surface area contributed by atoms with Crippen molar-refractivity contribution >= 4 is 34.2 Å². The molecule has 0 spiro atoms. The van der Waals surface area contributed by atoms with Crippen molar-refractivity contribution in [2.24, 2.45) is 0 Å². The standard InChI is InChI=1S/C28H25N3O4/c32-26(19-35-25-15-12-20-6-4-5-9-23(20)18-25)31-24-13-10-22(11-14-24)28(34)30-17-16-29-27(33)21-7-2-1-3-8-21/h1-15,18H,16-17,19H2,(H,29,33)(H,30,34)(H,31,32). The number of fused-ring (bicyclic) bond motifs is 1. The van der Waals surface area contributed by atoms with Gasteiger partial charge in [-0.1, -0.05) is 48.5 Å². The van der Waals surface area contributed by atoms with Crippen molar-refractivity contribution in [2.45, 2.75) is 0 Å². The zero-order valence-electron chi connectivity index (χ0n) is 19.0. The van der Waals surface area contributed by atoms with Crippen LogP contribution in [0.2, 0.25) is 0 Å². The van der Waals surface area contributed by atoms with E-state index in [1.54, 1.807) is 48.5 Å². The minimum Gasteiger partial charge on any atom is -0.484 e. The molecular formula is C28H25N3O4. The maximum atomic E-state index is 12.3. The number of hydrogen-bond acceptors (Lipinski definition) is 4. The molecule has 0 aromatic heterocycles. The van der Waals surface area contributed by atoms with E-state index >= 15 is 0 Å². The zero-order chi connectivity index (χ0) is 24.5. The molecular weight excluding hydrogens is 442 g/mol. The molecule has 0 bridgehead atoms. The third-order valence-corrected chi connectivity index (χ3v) is 5.25. The maximum absolute atomic E-state index is 12.3. The van der Waals surface area contributed by atoms with Crippen LogP contribution in [0.5, 0.6) is 5.75 Å². The fourth-order valence-electron chi connectivity index (χ4n) is 3.45. The van der Waals surface area contributed by atoms with Crippen LogP contribution in [-0.4, -0.2) is 37.4 Å². The first-order valence-corrected chi connectivity index (χ1v) is 11.2. The largest absolute Gasteiger partial charge is 0.484 e. The number of amides is 3. The molecule has 0 unspecified atom stereocenters. The lowest BCUT2D eigenvalue weighted by Crippen LogP contribution is -2.34. The van der Waals surface area contributed by atoms with Gasteiger partial charge in [0.15, 0.2) is 6.61 Å². The van der Waals surface area contributed by atoms with E-state index in [4.69, 9.17) is 4.74 Å². The van der Waals surface area contributed by atoms with E-state index in [9.17, 15) is 14.4 Å². The molecule has 0 radical (unpaired) electrons. The maximum Gasteiger partial charge on any atom is 0.262 e. The van der Waals surface area contributed by atoms with Gasteiger partial charge in [-0.25, -0.2) is 0 Å². The number of benzene rings is 4. The van der Waals surface area contributed by atoms with E-state index in [0.29, 0.717) is 35.7 Å². The van der Waals surface area contributed by atoms with E-state index in [1.807, 2.05) is 48.5 Å². The first kappa shape index (κ1) is 23.5. The number of nitrogens with one attached hydrogen (secondary N) is 3. The number of carbonyl (C=O) groups is 3. The highest BCUT2D eigenvalue weighted by molar-refractivity contribution is 5.96. The molecule has 7 nitrogen and oxygen atoms in total. The van der Waals surface area contributed by atoms with E-state index in [1.165, 1.54) is 0 Å². The molecule has 0 aliphatic carbocycles. The van der Waals surface area contributed by atoms with Crippen LogP contribution < -0.4 is 20.7 Å². The summed E-state index contributed by atoms with van der Waals surface area (Å²) in [6.45, 7) is 0.474. The molecule has 3 N–H and O–H groups in total. The Hall–Kier alpha value is -4.65. The number of rotatable bonds is 9. The van der Waals surface area contributed by atoms with E-state index < -0.39 is 0 Å². The Kier molecular flexibility index (Phi) is 7.70. The molecule has 0 fully saturated rings. The summed E-state index contributed by atoms with van der Waals surface area (Å²) in [5.41, 5.74) is 1.58. The van der Waals surface area contributed by atoms with Gasteiger partial charge in [0.1, 0.15) is 5.75 Å². The van der Waals surface area contributed by atoms with Gasteiger partial charge in [0.05, 0.1) is 0 Å². The Morgan fingerprint density at radius 3 is 1.91 bits per heavy atom. The highest BCUT2D eigenvalue weighted by atomic mass is 16.5. The highest BCUT2D eigenvalue weighted by Gasteiger charge is 2.08. The second kappa shape index (κ2) is 11.5.